The first kappa shape index (κ1) is 14.7. The average molecular weight is 251 g/mol. The number of unbranched alkanes of at least 4 members (excludes halogenated alkanes) is 1. The highest BCUT2D eigenvalue weighted by Crippen LogP contribution is 2.38. The van der Waals surface area contributed by atoms with E-state index in [0.29, 0.717) is 18.7 Å². The molecule has 90 valence electrons. The second-order valence-corrected chi connectivity index (χ2v) is 3.42. The van der Waals surface area contributed by atoms with Crippen molar-refractivity contribution in [3.05, 3.63) is 12.2 Å². The predicted molar refractivity (Wildman–Crippen MR) is 49.3 cm³/mol. The van der Waals surface area contributed by atoms with E-state index in [2.05, 4.69) is 0 Å². The lowest BCUT2D eigenvalue weighted by Crippen LogP contribution is -2.35. The minimum absolute atomic E-state index is 0.283. The van der Waals surface area contributed by atoms with Gasteiger partial charge in [0.05, 0.1) is 0 Å². The summed E-state index contributed by atoms with van der Waals surface area (Å²) >= 11 is 5.34. The number of rotatable bonds is 6. The third kappa shape index (κ3) is 5.97. The summed E-state index contributed by atoms with van der Waals surface area (Å²) in [5, 5.41) is 0. The van der Waals surface area contributed by atoms with Crippen LogP contribution < -0.4 is 0 Å². The Morgan fingerprint density at radius 1 is 0.933 bits per heavy atom. The van der Waals surface area contributed by atoms with Crippen LogP contribution in [0.25, 0.3) is 0 Å². The van der Waals surface area contributed by atoms with Crippen LogP contribution in [0.3, 0.4) is 0 Å². The van der Waals surface area contributed by atoms with Crippen LogP contribution in [0.4, 0.5) is 22.0 Å². The van der Waals surface area contributed by atoms with Gasteiger partial charge in [-0.05, 0) is 19.3 Å². The smallest absolute Gasteiger partial charge is 0.196 e. The zero-order valence-electron chi connectivity index (χ0n) is 7.96. The Bertz CT molecular complexity index is 197. The maximum Gasteiger partial charge on any atom is 0.453 e. The average Bonchev–Trinajstić information content (AvgIpc) is 2.09. The molecule has 0 spiro atoms. The van der Waals surface area contributed by atoms with Crippen molar-refractivity contribution in [2.75, 3.05) is 5.88 Å². The molecular weight excluding hydrogens is 239 g/mol. The van der Waals surface area contributed by atoms with Crippen LogP contribution >= 0.6 is 11.6 Å². The zero-order chi connectivity index (χ0) is 11.9. The van der Waals surface area contributed by atoms with E-state index in [1.807, 2.05) is 0 Å². The molecule has 0 rings (SSSR count). The van der Waals surface area contributed by atoms with Crippen molar-refractivity contribution < 1.29 is 22.0 Å². The molecule has 0 nitrogen and oxygen atoms in total. The SMILES string of the molecule is FC(F)(F)C(F)(F)CC/C=C\CCCCl. The molecule has 0 aliphatic heterocycles. The van der Waals surface area contributed by atoms with Crippen molar-refractivity contribution in [3.63, 3.8) is 0 Å². The molecule has 0 bridgehead atoms. The Kier molecular flexibility index (Phi) is 6.17. The van der Waals surface area contributed by atoms with Gasteiger partial charge in [-0.25, -0.2) is 0 Å². The van der Waals surface area contributed by atoms with Crippen LogP contribution in [0.5, 0.6) is 0 Å². The molecule has 0 fully saturated rings. The van der Waals surface area contributed by atoms with E-state index < -0.39 is 18.5 Å². The molecule has 0 saturated heterocycles. The van der Waals surface area contributed by atoms with E-state index in [-0.39, 0.29) is 6.42 Å². The van der Waals surface area contributed by atoms with Gasteiger partial charge in [0.1, 0.15) is 0 Å². The fraction of sp³-hybridized carbons (Fsp3) is 0.778. The van der Waals surface area contributed by atoms with E-state index in [1.54, 1.807) is 6.08 Å². The second-order valence-electron chi connectivity index (χ2n) is 3.04. The maximum absolute atomic E-state index is 12.3. The zero-order valence-corrected chi connectivity index (χ0v) is 8.71. The van der Waals surface area contributed by atoms with Gasteiger partial charge in [-0.2, -0.15) is 22.0 Å². The van der Waals surface area contributed by atoms with Gasteiger partial charge in [0.2, 0.25) is 0 Å². The first-order valence-corrected chi connectivity index (χ1v) is 5.00. The maximum atomic E-state index is 12.3. The van der Waals surface area contributed by atoms with Gasteiger partial charge >= 0.3 is 12.1 Å². The van der Waals surface area contributed by atoms with E-state index in [9.17, 15) is 22.0 Å². The van der Waals surface area contributed by atoms with E-state index in [1.165, 1.54) is 6.08 Å². The molecular formula is C9H12ClF5. The quantitative estimate of drug-likeness (QED) is 0.281. The predicted octanol–water partition coefficient (Wildman–Crippen LogP) is 4.54. The number of halogens is 6. The number of hydrogen-bond donors (Lipinski definition) is 0. The van der Waals surface area contributed by atoms with E-state index >= 15 is 0 Å². The molecule has 0 aliphatic rings. The summed E-state index contributed by atoms with van der Waals surface area (Å²) in [4.78, 5) is 0. The summed E-state index contributed by atoms with van der Waals surface area (Å²) in [6.45, 7) is 0. The molecule has 0 aromatic rings. The molecule has 0 heterocycles. The summed E-state index contributed by atoms with van der Waals surface area (Å²) in [5.74, 6) is -4.15. The Morgan fingerprint density at radius 3 is 1.93 bits per heavy atom. The minimum atomic E-state index is -5.45. The highest BCUT2D eigenvalue weighted by atomic mass is 35.5. The van der Waals surface area contributed by atoms with Crippen LogP contribution in [-0.4, -0.2) is 18.0 Å². The first-order chi connectivity index (χ1) is 6.81. The Morgan fingerprint density at radius 2 is 1.47 bits per heavy atom. The molecule has 6 heteroatoms. The van der Waals surface area contributed by atoms with Crippen LogP contribution in [0.1, 0.15) is 25.7 Å². The van der Waals surface area contributed by atoms with Crippen molar-refractivity contribution in [3.8, 4) is 0 Å². The summed E-state index contributed by atoms with van der Waals surface area (Å²) in [6, 6.07) is 0. The lowest BCUT2D eigenvalue weighted by Gasteiger charge is -2.18. The molecule has 0 amide bonds. The van der Waals surface area contributed by atoms with Crippen molar-refractivity contribution in [1.29, 1.82) is 0 Å². The fourth-order valence-corrected chi connectivity index (χ4v) is 0.991. The van der Waals surface area contributed by atoms with Crippen molar-refractivity contribution in [2.45, 2.75) is 37.8 Å². The van der Waals surface area contributed by atoms with E-state index in [0.717, 1.165) is 0 Å². The summed E-state index contributed by atoms with van der Waals surface area (Å²) in [7, 11) is 0. The molecule has 0 aromatic heterocycles. The van der Waals surface area contributed by atoms with Crippen LogP contribution in [0, 0.1) is 0 Å². The summed E-state index contributed by atoms with van der Waals surface area (Å²) < 4.78 is 59.7. The van der Waals surface area contributed by atoms with Crippen molar-refractivity contribution >= 4 is 11.6 Å². The molecule has 0 aliphatic carbocycles. The normalized spacial score (nSPS) is 13.7. The van der Waals surface area contributed by atoms with Gasteiger partial charge in [0.25, 0.3) is 0 Å². The van der Waals surface area contributed by atoms with Gasteiger partial charge in [0.15, 0.2) is 0 Å². The molecule has 0 aromatic carbocycles. The monoisotopic (exact) mass is 250 g/mol. The largest absolute Gasteiger partial charge is 0.453 e. The number of alkyl halides is 6. The minimum Gasteiger partial charge on any atom is -0.196 e. The standard InChI is InChI=1S/C9H12ClF5/c10-7-5-3-1-2-4-6-8(11,12)9(13,14)15/h1-2H,3-7H2/b2-1-. The second kappa shape index (κ2) is 6.30. The number of allylic oxidation sites excluding steroid dienone is 2. The molecule has 0 atom stereocenters. The Hall–Kier alpha value is -0.320. The molecule has 15 heavy (non-hydrogen) atoms. The first-order valence-electron chi connectivity index (χ1n) is 4.47. The highest BCUT2D eigenvalue weighted by Gasteiger charge is 2.56. The van der Waals surface area contributed by atoms with E-state index in [4.69, 9.17) is 11.6 Å². The molecule has 0 saturated carbocycles. The molecule has 0 N–H and O–H groups in total. The topological polar surface area (TPSA) is 0 Å². The third-order valence-electron chi connectivity index (χ3n) is 1.71. The van der Waals surface area contributed by atoms with Gasteiger partial charge in [-0.3, -0.25) is 0 Å². The van der Waals surface area contributed by atoms with Gasteiger partial charge in [0, 0.05) is 12.3 Å². The molecule has 0 radical (unpaired) electrons. The van der Waals surface area contributed by atoms with Crippen LogP contribution in [-0.2, 0) is 0 Å². The van der Waals surface area contributed by atoms with Crippen molar-refractivity contribution in [2.24, 2.45) is 0 Å². The lowest BCUT2D eigenvalue weighted by molar-refractivity contribution is -0.283. The fourth-order valence-electron chi connectivity index (χ4n) is 0.837. The van der Waals surface area contributed by atoms with Crippen LogP contribution in [0.2, 0.25) is 0 Å². The lowest BCUT2D eigenvalue weighted by atomic mass is 10.1. The molecule has 0 unspecified atom stereocenters. The van der Waals surface area contributed by atoms with Gasteiger partial charge in [-0.1, -0.05) is 12.2 Å². The highest BCUT2D eigenvalue weighted by molar-refractivity contribution is 6.17. The Labute approximate surface area is 90.1 Å². The third-order valence-corrected chi connectivity index (χ3v) is 1.98. The van der Waals surface area contributed by atoms with Gasteiger partial charge in [-0.15, -0.1) is 11.6 Å². The van der Waals surface area contributed by atoms with Crippen molar-refractivity contribution in [1.82, 2.24) is 0 Å². The number of hydrogen-bond acceptors (Lipinski definition) is 0. The Balaban J connectivity index is 3.80. The summed E-state index contributed by atoms with van der Waals surface area (Å²) in [6.07, 6.45) is -2.75. The summed E-state index contributed by atoms with van der Waals surface area (Å²) in [5.41, 5.74) is 0. The van der Waals surface area contributed by atoms with Crippen LogP contribution in [0.15, 0.2) is 12.2 Å². The van der Waals surface area contributed by atoms with Gasteiger partial charge < -0.3 is 0 Å².